The van der Waals surface area contributed by atoms with Gasteiger partial charge in [0.1, 0.15) is 17.4 Å². The fraction of sp³-hybridized carbons (Fsp3) is 0.208. The number of hydrogen-bond acceptors (Lipinski definition) is 4. The lowest BCUT2D eigenvalue weighted by molar-refractivity contribution is -0.145. The number of nitrogens with two attached hydrogens (primary N) is 1. The van der Waals surface area contributed by atoms with Crippen LogP contribution >= 0.6 is 0 Å². The smallest absolute Gasteiger partial charge is 0.323 e. The maximum atomic E-state index is 11.6. The Morgan fingerprint density at radius 2 is 1.48 bits per heavy atom. The van der Waals surface area contributed by atoms with E-state index in [2.05, 4.69) is 0 Å². The molecule has 29 heavy (non-hydrogen) atoms. The van der Waals surface area contributed by atoms with Crippen LogP contribution in [0.5, 0.6) is 5.75 Å². The highest BCUT2D eigenvalue weighted by Gasteiger charge is 2.48. The molecule has 0 saturated carbocycles. The minimum Gasteiger partial charge on any atom is -0.508 e. The number of carboxylic acids is 1. The summed E-state index contributed by atoms with van der Waals surface area (Å²) in [5, 5.41) is 19.3. The Kier molecular flexibility index (Phi) is 4.86. The van der Waals surface area contributed by atoms with Gasteiger partial charge in [-0.25, -0.2) is 0 Å². The van der Waals surface area contributed by atoms with Crippen molar-refractivity contribution in [2.24, 2.45) is 5.73 Å². The molecule has 3 aromatic carbocycles. The Balaban J connectivity index is 1.99. The molecule has 148 valence electrons. The van der Waals surface area contributed by atoms with E-state index in [9.17, 15) is 15.0 Å². The van der Waals surface area contributed by atoms with Crippen LogP contribution in [-0.2, 0) is 15.1 Å². The van der Waals surface area contributed by atoms with Crippen LogP contribution in [0.15, 0.2) is 72.8 Å². The average molecular weight is 389 g/mol. The zero-order valence-corrected chi connectivity index (χ0v) is 16.1. The molecule has 1 aliphatic carbocycles. The fourth-order valence-corrected chi connectivity index (χ4v) is 4.19. The van der Waals surface area contributed by atoms with E-state index in [0.717, 1.165) is 27.8 Å². The summed E-state index contributed by atoms with van der Waals surface area (Å²) < 4.78 is 6.66. The largest absolute Gasteiger partial charge is 0.508 e. The summed E-state index contributed by atoms with van der Waals surface area (Å²) in [5.41, 5.74) is 9.72. The molecule has 0 fully saturated rings. The van der Waals surface area contributed by atoms with Gasteiger partial charge in [-0.1, -0.05) is 67.6 Å². The van der Waals surface area contributed by atoms with Gasteiger partial charge >= 0.3 is 5.97 Å². The van der Waals surface area contributed by atoms with Gasteiger partial charge in [0.2, 0.25) is 0 Å². The summed E-state index contributed by atoms with van der Waals surface area (Å²) >= 11 is 0. The minimum absolute atomic E-state index is 0.151. The maximum absolute atomic E-state index is 11.6. The van der Waals surface area contributed by atoms with Gasteiger partial charge in [0.05, 0.1) is 6.10 Å². The lowest BCUT2D eigenvalue weighted by Crippen LogP contribution is -2.47. The number of phenolic OH excluding ortho intramolecular Hbond substituents is 1. The number of aliphatic carboxylic acids is 1. The number of fused-ring (bicyclic) bond motifs is 3. The molecule has 4 N–H and O–H groups in total. The summed E-state index contributed by atoms with van der Waals surface area (Å²) in [6, 6.07) is 21.6. The van der Waals surface area contributed by atoms with Crippen molar-refractivity contribution in [1.29, 1.82) is 0 Å². The first-order valence-electron chi connectivity index (χ1n) is 9.64. The third-order valence-corrected chi connectivity index (χ3v) is 5.59. The van der Waals surface area contributed by atoms with E-state index >= 15 is 0 Å². The molecule has 2 atom stereocenters. The zero-order chi connectivity index (χ0) is 20.6. The number of hydrogen-bond donors (Lipinski definition) is 3. The van der Waals surface area contributed by atoms with Gasteiger partial charge in [0.15, 0.2) is 0 Å². The number of benzene rings is 3. The first-order chi connectivity index (χ1) is 14.0. The molecule has 4 rings (SSSR count). The maximum Gasteiger partial charge on any atom is 0.323 e. The number of rotatable bonds is 6. The molecule has 0 saturated heterocycles. The van der Waals surface area contributed by atoms with Crippen molar-refractivity contribution in [1.82, 2.24) is 0 Å². The lowest BCUT2D eigenvalue weighted by Gasteiger charge is -2.37. The molecular formula is C24H23NO4. The van der Waals surface area contributed by atoms with E-state index in [1.54, 1.807) is 12.1 Å². The van der Waals surface area contributed by atoms with E-state index in [0.29, 0.717) is 6.42 Å². The predicted octanol–water partition coefficient (Wildman–Crippen LogP) is 3.87. The van der Waals surface area contributed by atoms with Crippen LogP contribution < -0.4 is 5.73 Å². The van der Waals surface area contributed by atoms with Gasteiger partial charge in [-0.05, 0) is 35.2 Å². The van der Waals surface area contributed by atoms with Gasteiger partial charge in [-0.2, -0.15) is 0 Å². The minimum atomic E-state index is -1.16. The van der Waals surface area contributed by atoms with Crippen molar-refractivity contribution in [2.75, 3.05) is 0 Å². The number of aromatic hydroxyl groups is 1. The van der Waals surface area contributed by atoms with Crippen molar-refractivity contribution in [2.45, 2.75) is 31.1 Å². The SMILES string of the molecule is CCC(OC1(c2ccc(O)cc2)c2ccccc2-c2ccccc21)[C@H](N)C(=O)O. The lowest BCUT2D eigenvalue weighted by atomic mass is 9.83. The normalized spacial score (nSPS) is 15.9. The van der Waals surface area contributed by atoms with Gasteiger partial charge in [0, 0.05) is 11.1 Å². The number of ether oxygens (including phenoxy) is 1. The van der Waals surface area contributed by atoms with E-state index in [4.69, 9.17) is 10.5 Å². The van der Waals surface area contributed by atoms with Crippen LogP contribution in [-0.4, -0.2) is 28.3 Å². The highest BCUT2D eigenvalue weighted by atomic mass is 16.5. The zero-order valence-electron chi connectivity index (χ0n) is 16.1. The van der Waals surface area contributed by atoms with E-state index in [1.807, 2.05) is 67.6 Å². The Labute approximate surface area is 169 Å². The highest BCUT2D eigenvalue weighted by Crippen LogP contribution is 2.54. The molecule has 1 unspecified atom stereocenters. The van der Waals surface area contributed by atoms with Crippen LogP contribution in [0.4, 0.5) is 0 Å². The summed E-state index contributed by atoms with van der Waals surface area (Å²) in [7, 11) is 0. The molecule has 0 aromatic heterocycles. The predicted molar refractivity (Wildman–Crippen MR) is 111 cm³/mol. The topological polar surface area (TPSA) is 92.8 Å². The van der Waals surface area contributed by atoms with Crippen LogP contribution in [0.25, 0.3) is 11.1 Å². The average Bonchev–Trinajstić information content (AvgIpc) is 3.03. The van der Waals surface area contributed by atoms with Crippen molar-refractivity contribution < 1.29 is 19.7 Å². The molecule has 0 amide bonds. The second-order valence-corrected chi connectivity index (χ2v) is 7.25. The van der Waals surface area contributed by atoms with Crippen LogP contribution in [0.1, 0.15) is 30.0 Å². The molecule has 0 bridgehead atoms. The molecule has 1 aliphatic rings. The van der Waals surface area contributed by atoms with E-state index in [1.165, 1.54) is 0 Å². The van der Waals surface area contributed by atoms with Crippen LogP contribution in [0.3, 0.4) is 0 Å². The Hall–Kier alpha value is -3.15. The first-order valence-corrected chi connectivity index (χ1v) is 9.64. The van der Waals surface area contributed by atoms with Gasteiger partial charge in [-0.15, -0.1) is 0 Å². The summed E-state index contributed by atoms with van der Waals surface area (Å²) in [4.78, 5) is 11.6. The van der Waals surface area contributed by atoms with Gasteiger partial charge in [-0.3, -0.25) is 4.79 Å². The third kappa shape index (κ3) is 2.99. The number of carbonyl (C=O) groups is 1. The Morgan fingerprint density at radius 3 is 1.97 bits per heavy atom. The van der Waals surface area contributed by atoms with Gasteiger partial charge in [0.25, 0.3) is 0 Å². The second kappa shape index (κ2) is 7.35. The van der Waals surface area contributed by atoms with Crippen molar-refractivity contribution in [3.63, 3.8) is 0 Å². The van der Waals surface area contributed by atoms with Crippen LogP contribution in [0, 0.1) is 0 Å². The van der Waals surface area contributed by atoms with Crippen molar-refractivity contribution in [3.05, 3.63) is 89.5 Å². The van der Waals surface area contributed by atoms with E-state index in [-0.39, 0.29) is 5.75 Å². The van der Waals surface area contributed by atoms with E-state index < -0.39 is 23.7 Å². The summed E-state index contributed by atoms with van der Waals surface area (Å²) in [5.74, 6) is -0.949. The molecular weight excluding hydrogens is 366 g/mol. The molecule has 0 heterocycles. The summed E-state index contributed by atoms with van der Waals surface area (Å²) in [6.07, 6.45) is -0.266. The van der Waals surface area contributed by atoms with Crippen molar-refractivity contribution in [3.8, 4) is 16.9 Å². The molecule has 3 aromatic rings. The quantitative estimate of drug-likeness (QED) is 0.595. The van der Waals surface area contributed by atoms with Crippen LogP contribution in [0.2, 0.25) is 0 Å². The van der Waals surface area contributed by atoms with Crippen molar-refractivity contribution >= 4 is 5.97 Å². The van der Waals surface area contributed by atoms with Gasteiger partial charge < -0.3 is 20.7 Å². The number of phenols is 1. The Morgan fingerprint density at radius 1 is 0.966 bits per heavy atom. The molecule has 0 aliphatic heterocycles. The summed E-state index contributed by atoms with van der Waals surface area (Å²) in [6.45, 7) is 1.87. The molecule has 0 spiro atoms. The fourth-order valence-electron chi connectivity index (χ4n) is 4.19. The molecule has 5 nitrogen and oxygen atoms in total. The molecule has 0 radical (unpaired) electrons. The Bertz CT molecular complexity index is 999. The number of carboxylic acid groups (broad SMARTS) is 1. The standard InChI is InChI=1S/C24H23NO4/c1-2-21(22(25)23(27)28)29-24(15-11-13-16(26)14-12-15)19-9-5-3-7-17(19)18-8-4-6-10-20(18)24/h3-14,21-22,26H,2,25H2,1H3,(H,27,28)/t21?,22-/m0/s1. The highest BCUT2D eigenvalue weighted by molar-refractivity contribution is 5.82. The molecule has 5 heteroatoms. The monoisotopic (exact) mass is 389 g/mol. The second-order valence-electron chi connectivity index (χ2n) is 7.25. The third-order valence-electron chi connectivity index (χ3n) is 5.59. The first kappa shape index (κ1) is 19.2.